The van der Waals surface area contributed by atoms with E-state index in [9.17, 15) is 4.79 Å². The minimum absolute atomic E-state index is 0.0446. The average Bonchev–Trinajstić information content (AvgIpc) is 2.48. The topological polar surface area (TPSA) is 55.3 Å². The van der Waals surface area contributed by atoms with E-state index in [4.69, 9.17) is 4.74 Å². The highest BCUT2D eigenvalue weighted by Crippen LogP contribution is 2.23. The summed E-state index contributed by atoms with van der Waals surface area (Å²) >= 11 is 0. The fourth-order valence-electron chi connectivity index (χ4n) is 2.56. The van der Waals surface area contributed by atoms with E-state index < -0.39 is 0 Å². The van der Waals surface area contributed by atoms with E-state index in [1.165, 1.54) is 0 Å². The van der Waals surface area contributed by atoms with Crippen LogP contribution in [0.2, 0.25) is 0 Å². The van der Waals surface area contributed by atoms with E-state index in [0.29, 0.717) is 6.61 Å². The molecular formula is C15H23N3O2. The van der Waals surface area contributed by atoms with Gasteiger partial charge >= 0.3 is 5.97 Å². The minimum atomic E-state index is -0.0542. The number of anilines is 1. The Bertz CT molecular complexity index is 442. The van der Waals surface area contributed by atoms with Crippen LogP contribution in [0.5, 0.6) is 0 Å². The molecular weight excluding hydrogens is 254 g/mol. The Morgan fingerprint density at radius 1 is 1.35 bits per heavy atom. The highest BCUT2D eigenvalue weighted by atomic mass is 16.5. The summed E-state index contributed by atoms with van der Waals surface area (Å²) in [7, 11) is 0. The number of carbonyl (C=O) groups excluding carboxylic acids is 1. The van der Waals surface area contributed by atoms with Gasteiger partial charge in [-0.25, -0.2) is 9.97 Å². The van der Waals surface area contributed by atoms with Crippen LogP contribution in [-0.4, -0.2) is 35.6 Å². The molecule has 0 aliphatic carbocycles. The predicted molar refractivity (Wildman–Crippen MR) is 77.6 cm³/mol. The van der Waals surface area contributed by atoms with Crippen molar-refractivity contribution in [3.63, 3.8) is 0 Å². The third kappa shape index (κ3) is 3.68. The lowest BCUT2D eigenvalue weighted by molar-refractivity contribution is -0.148. The minimum Gasteiger partial charge on any atom is -0.466 e. The first-order valence-corrected chi connectivity index (χ1v) is 7.47. The van der Waals surface area contributed by atoms with E-state index in [2.05, 4.69) is 27.9 Å². The maximum absolute atomic E-state index is 11.7. The molecule has 0 unspecified atom stereocenters. The van der Waals surface area contributed by atoms with Gasteiger partial charge in [0, 0.05) is 24.8 Å². The number of carbonyl (C=O) groups is 1. The van der Waals surface area contributed by atoms with Crippen LogP contribution in [0.1, 0.15) is 38.8 Å². The molecule has 2 heterocycles. The molecule has 0 aromatic carbocycles. The maximum Gasteiger partial charge on any atom is 0.309 e. The van der Waals surface area contributed by atoms with Crippen LogP contribution in [-0.2, 0) is 16.0 Å². The van der Waals surface area contributed by atoms with Crippen molar-refractivity contribution in [1.82, 2.24) is 9.97 Å². The molecule has 5 heteroatoms. The van der Waals surface area contributed by atoms with Crippen molar-refractivity contribution in [1.29, 1.82) is 0 Å². The number of ether oxygens (including phenoxy) is 1. The van der Waals surface area contributed by atoms with Gasteiger partial charge in [0.2, 0.25) is 0 Å². The predicted octanol–water partition coefficient (Wildman–Crippen LogP) is 2.21. The van der Waals surface area contributed by atoms with E-state index in [1.54, 1.807) is 6.33 Å². The summed E-state index contributed by atoms with van der Waals surface area (Å²) in [5.74, 6) is 0.968. The number of hydrogen-bond donors (Lipinski definition) is 0. The molecule has 0 amide bonds. The van der Waals surface area contributed by atoms with Gasteiger partial charge in [-0.3, -0.25) is 4.79 Å². The number of rotatable bonds is 5. The number of esters is 1. The number of aryl methyl sites for hydroxylation is 1. The normalized spacial score (nSPS) is 16.2. The van der Waals surface area contributed by atoms with Crippen molar-refractivity contribution in [2.75, 3.05) is 24.6 Å². The van der Waals surface area contributed by atoms with Gasteiger partial charge in [-0.05, 0) is 26.2 Å². The Labute approximate surface area is 120 Å². The maximum atomic E-state index is 11.7. The second-order valence-corrected chi connectivity index (χ2v) is 5.13. The number of aromatic nitrogens is 2. The molecule has 0 saturated carbocycles. The second kappa shape index (κ2) is 7.22. The molecule has 1 fully saturated rings. The van der Waals surface area contributed by atoms with Crippen LogP contribution in [0.4, 0.5) is 5.82 Å². The second-order valence-electron chi connectivity index (χ2n) is 5.13. The summed E-state index contributed by atoms with van der Waals surface area (Å²) in [6.45, 7) is 6.17. The van der Waals surface area contributed by atoms with E-state index in [1.807, 2.05) is 6.92 Å². The smallest absolute Gasteiger partial charge is 0.309 e. The van der Waals surface area contributed by atoms with Crippen LogP contribution in [0, 0.1) is 5.92 Å². The zero-order chi connectivity index (χ0) is 14.4. The van der Waals surface area contributed by atoms with Crippen molar-refractivity contribution in [2.24, 2.45) is 5.92 Å². The van der Waals surface area contributed by atoms with Crippen LogP contribution in [0.3, 0.4) is 0 Å². The zero-order valence-corrected chi connectivity index (χ0v) is 12.3. The summed E-state index contributed by atoms with van der Waals surface area (Å²) in [5.41, 5.74) is 1.09. The van der Waals surface area contributed by atoms with Gasteiger partial charge in [-0.1, -0.05) is 13.3 Å². The molecule has 1 aliphatic rings. The molecule has 20 heavy (non-hydrogen) atoms. The first kappa shape index (κ1) is 14.8. The largest absolute Gasteiger partial charge is 0.466 e. The van der Waals surface area contributed by atoms with E-state index >= 15 is 0 Å². The van der Waals surface area contributed by atoms with Crippen LogP contribution in [0.15, 0.2) is 12.4 Å². The molecule has 1 aliphatic heterocycles. The number of piperidine rings is 1. The fourth-order valence-corrected chi connectivity index (χ4v) is 2.56. The van der Waals surface area contributed by atoms with Crippen molar-refractivity contribution in [2.45, 2.75) is 39.5 Å². The third-order valence-electron chi connectivity index (χ3n) is 3.65. The number of hydrogen-bond acceptors (Lipinski definition) is 5. The summed E-state index contributed by atoms with van der Waals surface area (Å²) in [4.78, 5) is 22.6. The van der Waals surface area contributed by atoms with Gasteiger partial charge in [-0.15, -0.1) is 0 Å². The Hall–Kier alpha value is -1.65. The lowest BCUT2D eigenvalue weighted by Crippen LogP contribution is -2.37. The molecule has 110 valence electrons. The van der Waals surface area contributed by atoms with Crippen LogP contribution < -0.4 is 4.90 Å². The van der Waals surface area contributed by atoms with Gasteiger partial charge in [0.1, 0.15) is 12.1 Å². The van der Waals surface area contributed by atoms with Crippen molar-refractivity contribution < 1.29 is 9.53 Å². The summed E-state index contributed by atoms with van der Waals surface area (Å²) in [5, 5.41) is 0. The lowest BCUT2D eigenvalue weighted by Gasteiger charge is -2.31. The zero-order valence-electron chi connectivity index (χ0n) is 12.3. The standard InChI is InChI=1S/C15H23N3O2/c1-3-5-13-10-14(17-11-16-13)18-8-6-12(7-9-18)15(19)20-4-2/h10-12H,3-9H2,1-2H3. The van der Waals surface area contributed by atoms with Gasteiger partial charge in [0.05, 0.1) is 12.5 Å². The Morgan fingerprint density at radius 3 is 2.75 bits per heavy atom. The summed E-state index contributed by atoms with van der Waals surface area (Å²) in [6.07, 6.45) is 5.38. The first-order chi connectivity index (χ1) is 9.74. The molecule has 1 aromatic rings. The molecule has 0 N–H and O–H groups in total. The van der Waals surface area contributed by atoms with Gasteiger partial charge in [0.15, 0.2) is 0 Å². The molecule has 2 rings (SSSR count). The summed E-state index contributed by atoms with van der Waals surface area (Å²) in [6, 6.07) is 2.06. The highest BCUT2D eigenvalue weighted by molar-refractivity contribution is 5.72. The molecule has 0 spiro atoms. The van der Waals surface area contributed by atoms with Crippen LogP contribution >= 0.6 is 0 Å². The SMILES string of the molecule is CCCc1cc(N2CCC(C(=O)OCC)CC2)ncn1. The van der Waals surface area contributed by atoms with E-state index in [-0.39, 0.29) is 11.9 Å². The third-order valence-corrected chi connectivity index (χ3v) is 3.65. The quantitative estimate of drug-likeness (QED) is 0.772. The Morgan fingerprint density at radius 2 is 2.10 bits per heavy atom. The van der Waals surface area contributed by atoms with E-state index in [0.717, 1.165) is 50.3 Å². The summed E-state index contributed by atoms with van der Waals surface area (Å²) < 4.78 is 5.09. The average molecular weight is 277 g/mol. The molecule has 5 nitrogen and oxygen atoms in total. The molecule has 0 bridgehead atoms. The molecule has 1 saturated heterocycles. The monoisotopic (exact) mass is 277 g/mol. The van der Waals surface area contributed by atoms with Crippen LogP contribution in [0.25, 0.3) is 0 Å². The Kier molecular flexibility index (Phi) is 5.32. The highest BCUT2D eigenvalue weighted by Gasteiger charge is 2.26. The van der Waals surface area contributed by atoms with Gasteiger partial charge < -0.3 is 9.64 Å². The molecule has 0 radical (unpaired) electrons. The molecule has 0 atom stereocenters. The number of nitrogens with zero attached hydrogens (tertiary/aromatic N) is 3. The van der Waals surface area contributed by atoms with Gasteiger partial charge in [0.25, 0.3) is 0 Å². The molecule has 1 aromatic heterocycles. The van der Waals surface area contributed by atoms with Gasteiger partial charge in [-0.2, -0.15) is 0 Å². The first-order valence-electron chi connectivity index (χ1n) is 7.47. The van der Waals surface area contributed by atoms with Crippen molar-refractivity contribution >= 4 is 11.8 Å². The lowest BCUT2D eigenvalue weighted by atomic mass is 9.97. The Balaban J connectivity index is 1.93. The van der Waals surface area contributed by atoms with Crippen molar-refractivity contribution in [3.8, 4) is 0 Å². The fraction of sp³-hybridized carbons (Fsp3) is 0.667. The van der Waals surface area contributed by atoms with Crippen molar-refractivity contribution in [3.05, 3.63) is 18.1 Å².